The van der Waals surface area contributed by atoms with Crippen LogP contribution < -0.4 is 0 Å². The summed E-state index contributed by atoms with van der Waals surface area (Å²) in [6, 6.07) is 8.07. The second kappa shape index (κ2) is 6.58. The van der Waals surface area contributed by atoms with Crippen molar-refractivity contribution in [3.8, 4) is 0 Å². The van der Waals surface area contributed by atoms with E-state index in [9.17, 15) is 4.79 Å². The molecule has 0 aliphatic heterocycles. The summed E-state index contributed by atoms with van der Waals surface area (Å²) < 4.78 is 6.00. The Kier molecular flexibility index (Phi) is 5.36. The average molecular weight is 273 g/mol. The number of ether oxygens (including phenoxy) is 1. The number of aliphatic carboxylic acids is 1. The van der Waals surface area contributed by atoms with Crippen LogP contribution >= 0.6 is 15.9 Å². The summed E-state index contributed by atoms with van der Waals surface area (Å²) in [6.07, 6.45) is 1.75. The van der Waals surface area contributed by atoms with E-state index in [1.165, 1.54) is 5.56 Å². The lowest BCUT2D eigenvalue weighted by Crippen LogP contribution is -2.08. The highest BCUT2D eigenvalue weighted by Crippen LogP contribution is 2.11. The number of halogens is 1. The Bertz CT molecular complexity index is 308. The van der Waals surface area contributed by atoms with Crippen molar-refractivity contribution < 1.29 is 14.6 Å². The average Bonchev–Trinajstić information content (AvgIpc) is 2.20. The van der Waals surface area contributed by atoms with Gasteiger partial charge >= 0.3 is 5.97 Å². The maximum Gasteiger partial charge on any atom is 0.329 e. The van der Waals surface area contributed by atoms with Crippen LogP contribution in [0.3, 0.4) is 0 Å². The fourth-order valence-corrected chi connectivity index (χ4v) is 1.45. The number of carboxylic acid groups (broad SMARTS) is 1. The monoisotopic (exact) mass is 272 g/mol. The second-order valence-corrected chi connectivity index (χ2v) is 4.09. The van der Waals surface area contributed by atoms with E-state index in [0.29, 0.717) is 6.61 Å². The second-order valence-electron chi connectivity index (χ2n) is 3.18. The summed E-state index contributed by atoms with van der Waals surface area (Å²) in [5, 5.41) is 8.33. The van der Waals surface area contributed by atoms with Gasteiger partial charge in [-0.1, -0.05) is 28.1 Å². The van der Waals surface area contributed by atoms with Gasteiger partial charge in [0.2, 0.25) is 0 Å². The summed E-state index contributed by atoms with van der Waals surface area (Å²) in [7, 11) is 0. The van der Waals surface area contributed by atoms with Crippen molar-refractivity contribution in [3.05, 3.63) is 34.3 Å². The van der Waals surface area contributed by atoms with Gasteiger partial charge in [-0.15, -0.1) is 0 Å². The van der Waals surface area contributed by atoms with Crippen molar-refractivity contribution in [1.82, 2.24) is 0 Å². The zero-order valence-electron chi connectivity index (χ0n) is 8.28. The molecule has 0 aliphatic carbocycles. The van der Waals surface area contributed by atoms with Gasteiger partial charge in [-0.25, -0.2) is 4.79 Å². The Morgan fingerprint density at radius 1 is 1.33 bits per heavy atom. The first-order chi connectivity index (χ1) is 7.18. The lowest BCUT2D eigenvalue weighted by atomic mass is 10.1. The Hall–Kier alpha value is -0.870. The summed E-state index contributed by atoms with van der Waals surface area (Å²) in [4.78, 5) is 10.1. The minimum atomic E-state index is -0.918. The van der Waals surface area contributed by atoms with Crippen molar-refractivity contribution in [2.45, 2.75) is 12.8 Å². The molecule has 0 spiro atoms. The molecule has 0 aliphatic rings. The molecule has 1 aromatic carbocycles. The molecule has 1 aromatic rings. The van der Waals surface area contributed by atoms with E-state index in [-0.39, 0.29) is 6.61 Å². The third-order valence-electron chi connectivity index (χ3n) is 1.89. The molecule has 0 saturated heterocycles. The smallest absolute Gasteiger partial charge is 0.329 e. The summed E-state index contributed by atoms with van der Waals surface area (Å²) in [6.45, 7) is 0.280. The molecule has 0 aromatic heterocycles. The predicted molar refractivity (Wildman–Crippen MR) is 60.9 cm³/mol. The van der Waals surface area contributed by atoms with Crippen LogP contribution in [0, 0.1) is 0 Å². The van der Waals surface area contributed by atoms with Crippen LogP contribution in [-0.4, -0.2) is 24.3 Å². The van der Waals surface area contributed by atoms with Gasteiger partial charge in [0.15, 0.2) is 0 Å². The molecule has 0 atom stereocenters. The highest BCUT2D eigenvalue weighted by atomic mass is 79.9. The molecule has 0 heterocycles. The standard InChI is InChI=1S/C11H13BrO3/c12-10-5-3-9(4-6-10)2-1-7-15-8-11(13)14/h3-6H,1-2,7-8H2,(H,13,14). The first-order valence-corrected chi connectivity index (χ1v) is 5.52. The van der Waals surface area contributed by atoms with Gasteiger partial charge in [0.05, 0.1) is 0 Å². The third kappa shape index (κ3) is 5.54. The molecule has 3 nitrogen and oxygen atoms in total. The Labute approximate surface area is 97.2 Å². The molecule has 15 heavy (non-hydrogen) atoms. The maximum absolute atomic E-state index is 10.1. The van der Waals surface area contributed by atoms with Crippen LogP contribution in [-0.2, 0) is 16.0 Å². The molecule has 1 N–H and O–H groups in total. The maximum atomic E-state index is 10.1. The minimum Gasteiger partial charge on any atom is -0.480 e. The summed E-state index contributed by atoms with van der Waals surface area (Å²) >= 11 is 3.36. The van der Waals surface area contributed by atoms with Crippen LogP contribution in [0.4, 0.5) is 0 Å². The van der Waals surface area contributed by atoms with Crippen molar-refractivity contribution in [2.24, 2.45) is 0 Å². The van der Waals surface area contributed by atoms with Gasteiger partial charge in [0, 0.05) is 11.1 Å². The largest absolute Gasteiger partial charge is 0.480 e. The summed E-state index contributed by atoms with van der Waals surface area (Å²) in [5.74, 6) is -0.918. The van der Waals surface area contributed by atoms with Crippen LogP contribution in [0.25, 0.3) is 0 Å². The topological polar surface area (TPSA) is 46.5 Å². The van der Waals surface area contributed by atoms with Crippen molar-refractivity contribution in [1.29, 1.82) is 0 Å². The zero-order chi connectivity index (χ0) is 11.1. The zero-order valence-corrected chi connectivity index (χ0v) is 9.87. The van der Waals surface area contributed by atoms with Crippen molar-refractivity contribution in [3.63, 3.8) is 0 Å². The Morgan fingerprint density at radius 2 is 2.00 bits per heavy atom. The first kappa shape index (κ1) is 12.2. The van der Waals surface area contributed by atoms with E-state index in [4.69, 9.17) is 9.84 Å². The van der Waals surface area contributed by atoms with Crippen LogP contribution in [0.2, 0.25) is 0 Å². The number of aryl methyl sites for hydroxylation is 1. The molecule has 0 saturated carbocycles. The molecule has 1 rings (SSSR count). The van der Waals surface area contributed by atoms with Crippen molar-refractivity contribution >= 4 is 21.9 Å². The lowest BCUT2D eigenvalue weighted by Gasteiger charge is -2.02. The molecular weight excluding hydrogens is 260 g/mol. The summed E-state index contributed by atoms with van der Waals surface area (Å²) in [5.41, 5.74) is 1.23. The van der Waals surface area contributed by atoms with E-state index in [0.717, 1.165) is 17.3 Å². The molecule has 82 valence electrons. The molecule has 0 radical (unpaired) electrons. The van der Waals surface area contributed by atoms with E-state index in [1.807, 2.05) is 24.3 Å². The van der Waals surface area contributed by atoms with Crippen LogP contribution in [0.5, 0.6) is 0 Å². The molecule has 0 bridgehead atoms. The van der Waals surface area contributed by atoms with Gasteiger partial charge in [-0.2, -0.15) is 0 Å². The first-order valence-electron chi connectivity index (χ1n) is 4.72. The Balaban J connectivity index is 2.15. The fourth-order valence-electron chi connectivity index (χ4n) is 1.19. The van der Waals surface area contributed by atoms with E-state index < -0.39 is 5.97 Å². The van der Waals surface area contributed by atoms with E-state index >= 15 is 0 Å². The van der Waals surface area contributed by atoms with Gasteiger partial charge in [0.25, 0.3) is 0 Å². The van der Waals surface area contributed by atoms with Gasteiger partial charge in [0.1, 0.15) is 6.61 Å². The van der Waals surface area contributed by atoms with E-state index in [1.54, 1.807) is 0 Å². The molecular formula is C11H13BrO3. The van der Waals surface area contributed by atoms with Crippen molar-refractivity contribution in [2.75, 3.05) is 13.2 Å². The molecule has 4 heteroatoms. The SMILES string of the molecule is O=C(O)COCCCc1ccc(Br)cc1. The van der Waals surface area contributed by atoms with Gasteiger partial charge < -0.3 is 9.84 Å². The predicted octanol–water partition coefficient (Wildman–Crippen LogP) is 2.48. The van der Waals surface area contributed by atoms with Gasteiger partial charge in [-0.05, 0) is 30.5 Å². The van der Waals surface area contributed by atoms with E-state index in [2.05, 4.69) is 15.9 Å². The number of rotatable bonds is 6. The molecule has 0 fully saturated rings. The third-order valence-corrected chi connectivity index (χ3v) is 2.42. The Morgan fingerprint density at radius 3 is 2.60 bits per heavy atom. The van der Waals surface area contributed by atoms with Gasteiger partial charge in [-0.3, -0.25) is 0 Å². The highest BCUT2D eigenvalue weighted by molar-refractivity contribution is 9.10. The quantitative estimate of drug-likeness (QED) is 0.810. The fraction of sp³-hybridized carbons (Fsp3) is 0.364. The van der Waals surface area contributed by atoms with Crippen LogP contribution in [0.15, 0.2) is 28.7 Å². The number of carbonyl (C=O) groups is 1. The molecule has 0 amide bonds. The molecule has 0 unspecified atom stereocenters. The lowest BCUT2D eigenvalue weighted by molar-refractivity contribution is -0.142. The number of benzene rings is 1. The number of carboxylic acids is 1. The number of hydrogen-bond acceptors (Lipinski definition) is 2. The number of hydrogen-bond donors (Lipinski definition) is 1. The minimum absolute atomic E-state index is 0.208. The normalized spacial score (nSPS) is 10.2. The van der Waals surface area contributed by atoms with Crippen LogP contribution in [0.1, 0.15) is 12.0 Å². The highest BCUT2D eigenvalue weighted by Gasteiger charge is 1.97.